The summed E-state index contributed by atoms with van der Waals surface area (Å²) in [6.45, 7) is 0.347. The van der Waals surface area contributed by atoms with Crippen LogP contribution in [0.3, 0.4) is 0 Å². The highest BCUT2D eigenvalue weighted by Crippen LogP contribution is 2.20. The number of hydrogen-bond acceptors (Lipinski definition) is 4. The molecule has 0 atom stereocenters. The Morgan fingerprint density at radius 3 is 2.76 bits per heavy atom. The lowest BCUT2D eigenvalue weighted by molar-refractivity contribution is 0.299. The molecule has 0 aliphatic carbocycles. The first-order valence-electron chi connectivity index (χ1n) is 5.26. The van der Waals surface area contributed by atoms with Gasteiger partial charge in [-0.2, -0.15) is 0 Å². The molecule has 2 N–H and O–H groups in total. The zero-order valence-corrected chi connectivity index (χ0v) is 9.59. The Morgan fingerprint density at radius 1 is 1.18 bits per heavy atom. The molecule has 4 heteroatoms. The number of nitrogens with two attached hydrogens (primary N) is 1. The van der Waals surface area contributed by atoms with Crippen molar-refractivity contribution in [3.8, 4) is 11.5 Å². The van der Waals surface area contributed by atoms with E-state index in [4.69, 9.17) is 15.2 Å². The van der Waals surface area contributed by atoms with Crippen LogP contribution in [-0.4, -0.2) is 12.1 Å². The Morgan fingerprint density at radius 2 is 2.00 bits per heavy atom. The fourth-order valence-electron chi connectivity index (χ4n) is 1.41. The van der Waals surface area contributed by atoms with Gasteiger partial charge in [-0.3, -0.25) is 4.98 Å². The molecular weight excluding hydrogens is 216 g/mol. The van der Waals surface area contributed by atoms with Gasteiger partial charge in [-0.25, -0.2) is 0 Å². The summed E-state index contributed by atoms with van der Waals surface area (Å²) in [5, 5.41) is 0. The van der Waals surface area contributed by atoms with Gasteiger partial charge in [-0.1, -0.05) is 6.07 Å². The first-order valence-corrected chi connectivity index (χ1v) is 5.26. The van der Waals surface area contributed by atoms with E-state index in [0.717, 1.165) is 17.2 Å². The minimum absolute atomic E-state index is 0.347. The normalized spacial score (nSPS) is 9.94. The van der Waals surface area contributed by atoms with Crippen LogP contribution in [0.4, 0.5) is 5.69 Å². The fraction of sp³-hybridized carbons (Fsp3) is 0.154. The molecule has 2 aromatic rings. The Kier molecular flexibility index (Phi) is 3.45. The number of hydrogen-bond donors (Lipinski definition) is 1. The Labute approximate surface area is 100 Å². The predicted octanol–water partition coefficient (Wildman–Crippen LogP) is 2.25. The number of nitrogens with zero attached hydrogens (tertiary/aromatic N) is 1. The van der Waals surface area contributed by atoms with Gasteiger partial charge < -0.3 is 15.2 Å². The summed E-state index contributed by atoms with van der Waals surface area (Å²) in [6.07, 6.45) is 1.70. The van der Waals surface area contributed by atoms with E-state index < -0.39 is 0 Å². The van der Waals surface area contributed by atoms with E-state index in [1.807, 2.05) is 24.3 Å². The van der Waals surface area contributed by atoms with Crippen molar-refractivity contribution >= 4 is 5.69 Å². The second-order valence-electron chi connectivity index (χ2n) is 3.51. The van der Waals surface area contributed by atoms with Crippen molar-refractivity contribution in [1.29, 1.82) is 0 Å². The molecule has 0 unspecified atom stereocenters. The summed E-state index contributed by atoms with van der Waals surface area (Å²) in [5.41, 5.74) is 7.14. The molecule has 0 bridgehead atoms. The molecule has 0 amide bonds. The third-order valence-corrected chi connectivity index (χ3v) is 2.34. The first kappa shape index (κ1) is 11.3. The molecule has 1 aromatic carbocycles. The number of pyridine rings is 1. The zero-order valence-electron chi connectivity index (χ0n) is 9.59. The van der Waals surface area contributed by atoms with Gasteiger partial charge in [0.15, 0.2) is 0 Å². The van der Waals surface area contributed by atoms with Crippen LogP contribution in [0.15, 0.2) is 42.6 Å². The van der Waals surface area contributed by atoms with Crippen LogP contribution in [0.5, 0.6) is 11.5 Å². The molecule has 0 aliphatic rings. The van der Waals surface area contributed by atoms with Gasteiger partial charge in [0.05, 0.1) is 12.8 Å². The van der Waals surface area contributed by atoms with E-state index in [-0.39, 0.29) is 0 Å². The highest BCUT2D eigenvalue weighted by atomic mass is 16.5. The summed E-state index contributed by atoms with van der Waals surface area (Å²) < 4.78 is 10.7. The SMILES string of the molecule is COc1cccc(OCc2ncccc2N)c1. The van der Waals surface area contributed by atoms with Crippen molar-refractivity contribution < 1.29 is 9.47 Å². The number of benzene rings is 1. The Bertz CT molecular complexity index is 500. The Balaban J connectivity index is 2.05. The lowest BCUT2D eigenvalue weighted by Gasteiger charge is -2.08. The smallest absolute Gasteiger partial charge is 0.132 e. The molecule has 17 heavy (non-hydrogen) atoms. The largest absolute Gasteiger partial charge is 0.497 e. The molecule has 0 fully saturated rings. The molecule has 0 saturated carbocycles. The molecule has 0 radical (unpaired) electrons. The predicted molar refractivity (Wildman–Crippen MR) is 66.0 cm³/mol. The maximum Gasteiger partial charge on any atom is 0.132 e. The van der Waals surface area contributed by atoms with Crippen LogP contribution in [0.1, 0.15) is 5.69 Å². The van der Waals surface area contributed by atoms with E-state index >= 15 is 0 Å². The summed E-state index contributed by atoms with van der Waals surface area (Å²) in [4.78, 5) is 4.15. The van der Waals surface area contributed by atoms with Gasteiger partial charge >= 0.3 is 0 Å². The molecule has 4 nitrogen and oxygen atoms in total. The average molecular weight is 230 g/mol. The highest BCUT2D eigenvalue weighted by molar-refractivity contribution is 5.42. The maximum atomic E-state index is 5.77. The minimum Gasteiger partial charge on any atom is -0.497 e. The van der Waals surface area contributed by atoms with E-state index in [1.165, 1.54) is 0 Å². The number of ether oxygens (including phenoxy) is 2. The lowest BCUT2D eigenvalue weighted by atomic mass is 10.3. The molecule has 88 valence electrons. The second-order valence-corrected chi connectivity index (χ2v) is 3.51. The molecular formula is C13H14N2O2. The standard InChI is InChI=1S/C13H14N2O2/c1-16-10-4-2-5-11(8-10)17-9-13-12(14)6-3-7-15-13/h2-8H,9,14H2,1H3. The van der Waals surface area contributed by atoms with Crippen LogP contribution in [0, 0.1) is 0 Å². The topological polar surface area (TPSA) is 57.4 Å². The fourth-order valence-corrected chi connectivity index (χ4v) is 1.41. The van der Waals surface area contributed by atoms with Crippen molar-refractivity contribution in [1.82, 2.24) is 4.98 Å². The molecule has 1 aromatic heterocycles. The van der Waals surface area contributed by atoms with E-state index in [9.17, 15) is 0 Å². The van der Waals surface area contributed by atoms with Gasteiger partial charge in [0.1, 0.15) is 23.8 Å². The molecule has 2 rings (SSSR count). The van der Waals surface area contributed by atoms with Gasteiger partial charge in [-0.15, -0.1) is 0 Å². The monoisotopic (exact) mass is 230 g/mol. The minimum atomic E-state index is 0.347. The number of anilines is 1. The first-order chi connectivity index (χ1) is 8.29. The quantitative estimate of drug-likeness (QED) is 0.875. The van der Waals surface area contributed by atoms with Crippen LogP contribution in [-0.2, 0) is 6.61 Å². The molecule has 1 heterocycles. The second kappa shape index (κ2) is 5.21. The highest BCUT2D eigenvalue weighted by Gasteiger charge is 2.01. The van der Waals surface area contributed by atoms with Crippen molar-refractivity contribution in [3.05, 3.63) is 48.3 Å². The van der Waals surface area contributed by atoms with Gasteiger partial charge in [0, 0.05) is 12.3 Å². The summed E-state index contributed by atoms with van der Waals surface area (Å²) in [5.74, 6) is 1.49. The number of nitrogen functional groups attached to an aromatic ring is 1. The number of rotatable bonds is 4. The van der Waals surface area contributed by atoms with Gasteiger partial charge in [0.25, 0.3) is 0 Å². The zero-order chi connectivity index (χ0) is 12.1. The van der Waals surface area contributed by atoms with E-state index in [2.05, 4.69) is 4.98 Å². The van der Waals surface area contributed by atoms with E-state index in [0.29, 0.717) is 12.3 Å². The Hall–Kier alpha value is -2.23. The number of methoxy groups -OCH3 is 1. The van der Waals surface area contributed by atoms with Crippen LogP contribution < -0.4 is 15.2 Å². The van der Waals surface area contributed by atoms with Crippen LogP contribution >= 0.6 is 0 Å². The summed E-state index contributed by atoms with van der Waals surface area (Å²) >= 11 is 0. The third-order valence-electron chi connectivity index (χ3n) is 2.34. The van der Waals surface area contributed by atoms with Gasteiger partial charge in [-0.05, 0) is 24.3 Å². The van der Waals surface area contributed by atoms with Crippen molar-refractivity contribution in [2.75, 3.05) is 12.8 Å². The lowest BCUT2D eigenvalue weighted by Crippen LogP contribution is -2.02. The van der Waals surface area contributed by atoms with Crippen LogP contribution in [0.2, 0.25) is 0 Å². The molecule has 0 spiro atoms. The number of aromatic nitrogens is 1. The summed E-state index contributed by atoms with van der Waals surface area (Å²) in [6, 6.07) is 11.0. The average Bonchev–Trinajstić information content (AvgIpc) is 2.38. The van der Waals surface area contributed by atoms with Crippen molar-refractivity contribution in [2.24, 2.45) is 0 Å². The van der Waals surface area contributed by atoms with Crippen molar-refractivity contribution in [3.63, 3.8) is 0 Å². The van der Waals surface area contributed by atoms with Gasteiger partial charge in [0.2, 0.25) is 0 Å². The van der Waals surface area contributed by atoms with Crippen molar-refractivity contribution in [2.45, 2.75) is 6.61 Å². The third kappa shape index (κ3) is 2.87. The van der Waals surface area contributed by atoms with Crippen LogP contribution in [0.25, 0.3) is 0 Å². The molecule has 0 aliphatic heterocycles. The van der Waals surface area contributed by atoms with E-state index in [1.54, 1.807) is 25.4 Å². The maximum absolute atomic E-state index is 5.77. The molecule has 0 saturated heterocycles. The summed E-state index contributed by atoms with van der Waals surface area (Å²) in [7, 11) is 1.62.